The van der Waals surface area contributed by atoms with Gasteiger partial charge < -0.3 is 23.0 Å². The van der Waals surface area contributed by atoms with Crippen molar-refractivity contribution in [2.24, 2.45) is 5.73 Å². The van der Waals surface area contributed by atoms with Crippen molar-refractivity contribution in [3.8, 4) is 0 Å². The summed E-state index contributed by atoms with van der Waals surface area (Å²) < 4.78 is 39.0. The molecule has 0 rings (SSSR count). The molecule has 3 nitrogen and oxygen atoms in total. The minimum atomic E-state index is -6.00. The third kappa shape index (κ3) is 140. The minimum absolute atomic E-state index is 0.605. The Balaban J connectivity index is 0. The van der Waals surface area contributed by atoms with Crippen LogP contribution in [0.3, 0.4) is 0 Å². The summed E-state index contributed by atoms with van der Waals surface area (Å²) >= 11 is 4.74. The lowest BCUT2D eigenvalue weighted by Gasteiger charge is -1.94. The molecule has 0 atom stereocenters. The smallest absolute Gasteiger partial charge is 0.418 e. The Labute approximate surface area is 58.7 Å². The first-order valence-electron chi connectivity index (χ1n) is 1.87. The summed E-state index contributed by atoms with van der Waals surface area (Å²) in [5.74, 6) is 0. The van der Waals surface area contributed by atoms with Gasteiger partial charge in [0.05, 0.1) is 0 Å². The lowest BCUT2D eigenvalue weighted by atomic mass is 10.3. The Bertz CT molecular complexity index is 99.9. The summed E-state index contributed by atoms with van der Waals surface area (Å²) in [5, 5.41) is 0. The van der Waals surface area contributed by atoms with Crippen LogP contribution in [0.1, 0.15) is 0 Å². The van der Waals surface area contributed by atoms with Crippen molar-refractivity contribution in [1.82, 2.24) is 0 Å². The number of urea groups is 1. The van der Waals surface area contributed by atoms with Gasteiger partial charge in [-0.3, -0.25) is 0 Å². The number of carbonyl (C=O) groups is 1. The number of nitrogens with two attached hydrogens (primary N) is 2. The zero-order chi connectivity index (χ0) is 8.78. The van der Waals surface area contributed by atoms with Gasteiger partial charge in [0, 0.05) is 0 Å². The van der Waals surface area contributed by atoms with Gasteiger partial charge >= 0.3 is 13.3 Å². The van der Waals surface area contributed by atoms with E-state index in [4.69, 9.17) is 11.8 Å². The van der Waals surface area contributed by atoms with Crippen LogP contribution in [0.2, 0.25) is 0 Å². The fourth-order valence-electron chi connectivity index (χ4n) is 0. The molecule has 0 radical (unpaired) electrons. The first kappa shape index (κ1) is 12.2. The van der Waals surface area contributed by atoms with Crippen LogP contribution in [-0.4, -0.2) is 13.3 Å². The van der Waals surface area contributed by atoms with Gasteiger partial charge in [0.1, 0.15) is 0 Å². The second-order valence-corrected chi connectivity index (χ2v) is 1.22. The lowest BCUT2D eigenvalue weighted by molar-refractivity contribution is -0.388. The molecular formula is CH4BClF4N2O. The fraction of sp³-hybridized carbons (Fsp3) is 0. The zero-order valence-corrected chi connectivity index (χ0v) is 5.29. The number of hydrogen-bond donors (Lipinski definition) is 2. The third-order valence-electron chi connectivity index (χ3n) is 0.108. The number of rotatable bonds is 0. The number of quaternary nitrogens is 1. The second-order valence-electron chi connectivity index (χ2n) is 1.01. The fourth-order valence-corrected chi connectivity index (χ4v) is 0. The van der Waals surface area contributed by atoms with Crippen LogP contribution in [-0.2, 0) is 0 Å². The summed E-state index contributed by atoms with van der Waals surface area (Å²) in [5.41, 5.74) is 4.47. The molecule has 0 saturated heterocycles. The van der Waals surface area contributed by atoms with E-state index in [1.54, 1.807) is 0 Å². The number of halogens is 5. The summed E-state index contributed by atoms with van der Waals surface area (Å²) in [7, 11) is -6.00. The quantitative estimate of drug-likeness (QED) is 0.311. The van der Waals surface area contributed by atoms with Crippen molar-refractivity contribution in [3.05, 3.63) is 0 Å². The molecule has 0 fully saturated rings. The molecule has 10 heavy (non-hydrogen) atoms. The SMILES string of the molecule is F[B-](F)(F)F.NC(=O)[NH2+]Cl. The van der Waals surface area contributed by atoms with Crippen molar-refractivity contribution >= 4 is 25.1 Å². The van der Waals surface area contributed by atoms with Crippen molar-refractivity contribution in [2.45, 2.75) is 0 Å². The molecule has 0 bridgehead atoms. The van der Waals surface area contributed by atoms with Crippen LogP contribution in [0.4, 0.5) is 22.1 Å². The highest BCUT2D eigenvalue weighted by atomic mass is 35.5. The molecule has 0 aromatic carbocycles. The lowest BCUT2D eigenvalue weighted by Crippen LogP contribution is -2.79. The van der Waals surface area contributed by atoms with E-state index in [1.165, 1.54) is 0 Å². The van der Waals surface area contributed by atoms with Crippen LogP contribution in [0.15, 0.2) is 0 Å². The first-order chi connectivity index (χ1) is 4.27. The molecule has 0 aliphatic heterocycles. The Morgan fingerprint density at radius 1 is 1.40 bits per heavy atom. The minimum Gasteiger partial charge on any atom is -0.418 e. The third-order valence-corrected chi connectivity index (χ3v) is 0.323. The largest absolute Gasteiger partial charge is 0.673 e. The summed E-state index contributed by atoms with van der Waals surface area (Å²) in [6.07, 6.45) is 0. The topological polar surface area (TPSA) is 59.7 Å². The molecular weight excluding hydrogens is 178 g/mol. The van der Waals surface area contributed by atoms with Crippen molar-refractivity contribution < 1.29 is 26.9 Å². The number of hydrogen-bond acceptors (Lipinski definition) is 1. The molecule has 0 unspecified atom stereocenters. The van der Waals surface area contributed by atoms with Crippen LogP contribution in [0, 0.1) is 0 Å². The van der Waals surface area contributed by atoms with Crippen LogP contribution in [0.5, 0.6) is 0 Å². The van der Waals surface area contributed by atoms with Gasteiger partial charge in [0.25, 0.3) is 0 Å². The van der Waals surface area contributed by atoms with Crippen LogP contribution >= 0.6 is 11.8 Å². The van der Waals surface area contributed by atoms with E-state index in [2.05, 4.69) is 5.73 Å². The van der Waals surface area contributed by atoms with Gasteiger partial charge in [-0.1, -0.05) is 0 Å². The maximum absolute atomic E-state index is 9.75. The molecule has 0 spiro atoms. The van der Waals surface area contributed by atoms with Crippen molar-refractivity contribution in [3.63, 3.8) is 0 Å². The van der Waals surface area contributed by atoms with Gasteiger partial charge in [-0.2, -0.15) is 4.84 Å². The van der Waals surface area contributed by atoms with E-state index in [0.29, 0.717) is 0 Å². The van der Waals surface area contributed by atoms with Gasteiger partial charge in [0.2, 0.25) is 0 Å². The molecule has 2 amide bonds. The highest BCUT2D eigenvalue weighted by Crippen LogP contribution is 2.06. The highest BCUT2D eigenvalue weighted by Gasteiger charge is 2.20. The second kappa shape index (κ2) is 5.30. The van der Waals surface area contributed by atoms with Gasteiger partial charge in [-0.05, 0) is 0 Å². The molecule has 0 aromatic heterocycles. The van der Waals surface area contributed by atoms with E-state index in [-0.39, 0.29) is 0 Å². The average molecular weight is 182 g/mol. The molecule has 0 aliphatic carbocycles. The van der Waals surface area contributed by atoms with E-state index in [9.17, 15) is 22.1 Å². The first-order valence-corrected chi connectivity index (χ1v) is 2.31. The normalized spacial score (nSPS) is 9.70. The maximum atomic E-state index is 9.75. The number of amides is 2. The van der Waals surface area contributed by atoms with E-state index < -0.39 is 13.3 Å². The summed E-state index contributed by atoms with van der Waals surface area (Å²) in [6, 6.07) is -0.605. The van der Waals surface area contributed by atoms with Gasteiger partial charge in [-0.25, -0.2) is 4.79 Å². The van der Waals surface area contributed by atoms with Crippen molar-refractivity contribution in [2.75, 3.05) is 0 Å². The molecule has 62 valence electrons. The monoisotopic (exact) mass is 182 g/mol. The Kier molecular flexibility index (Phi) is 6.47. The predicted octanol–water partition coefficient (Wildman–Crippen LogP) is 0.0823. The summed E-state index contributed by atoms with van der Waals surface area (Å²) in [6.45, 7) is 0. The van der Waals surface area contributed by atoms with Gasteiger partial charge in [0.15, 0.2) is 11.8 Å². The van der Waals surface area contributed by atoms with Gasteiger partial charge in [-0.15, -0.1) is 0 Å². The molecule has 9 heteroatoms. The van der Waals surface area contributed by atoms with Crippen molar-refractivity contribution in [1.29, 1.82) is 0 Å². The molecule has 0 saturated carbocycles. The average Bonchev–Trinajstić information content (AvgIpc) is 1.61. The maximum Gasteiger partial charge on any atom is 0.673 e. The molecule has 0 aliphatic rings. The number of carbonyl (C=O) groups excluding carboxylic acids is 1. The summed E-state index contributed by atoms with van der Waals surface area (Å²) in [4.78, 5) is 10.2. The Morgan fingerprint density at radius 3 is 1.50 bits per heavy atom. The Hall–Kier alpha value is -0.495. The predicted molar refractivity (Wildman–Crippen MR) is 27.5 cm³/mol. The van der Waals surface area contributed by atoms with E-state index >= 15 is 0 Å². The molecule has 0 aromatic rings. The molecule has 0 heterocycles. The zero-order valence-electron chi connectivity index (χ0n) is 4.53. The van der Waals surface area contributed by atoms with E-state index in [1.807, 2.05) is 0 Å². The van der Waals surface area contributed by atoms with E-state index in [0.717, 1.165) is 4.84 Å². The van der Waals surface area contributed by atoms with Crippen LogP contribution < -0.4 is 10.6 Å². The molecule has 4 N–H and O–H groups in total. The standard InChI is InChI=1S/CH3ClN2O.BF4/c2-4-1(3)5;2-1(3,4)5/h(H3,3,4,5);/q;-1/p+1. The number of primary amides is 2. The van der Waals surface area contributed by atoms with Crippen LogP contribution in [0.25, 0.3) is 0 Å². The highest BCUT2D eigenvalue weighted by molar-refractivity contribution is 6.50. The Morgan fingerprint density at radius 2 is 1.50 bits per heavy atom.